The Bertz CT molecular complexity index is 2650. The zero-order chi connectivity index (χ0) is 35.8. The SMILES string of the molecule is c1ccc(-c2nnc(-c3cc(-c4nnc(-c5ccccc5)c5ccccc45)cc(-c4nnc(-c5ccccc5)c5ccccc45)c3)c3ccccc23)cc1. The van der Waals surface area contributed by atoms with Gasteiger partial charge >= 0.3 is 0 Å². The van der Waals surface area contributed by atoms with E-state index in [0.29, 0.717) is 0 Å². The van der Waals surface area contributed by atoms with E-state index in [2.05, 4.69) is 109 Å². The zero-order valence-electron chi connectivity index (χ0n) is 29.0. The molecule has 0 atom stereocenters. The number of hydrogen-bond acceptors (Lipinski definition) is 6. The van der Waals surface area contributed by atoms with E-state index in [1.807, 2.05) is 72.8 Å². The topological polar surface area (TPSA) is 77.3 Å². The van der Waals surface area contributed by atoms with Crippen LogP contribution in [0.15, 0.2) is 182 Å². The van der Waals surface area contributed by atoms with Crippen LogP contribution < -0.4 is 0 Å². The molecule has 0 aliphatic heterocycles. The molecule has 54 heavy (non-hydrogen) atoms. The van der Waals surface area contributed by atoms with Crippen LogP contribution in [-0.4, -0.2) is 30.6 Å². The second-order valence-electron chi connectivity index (χ2n) is 13.2. The summed E-state index contributed by atoms with van der Waals surface area (Å²) in [4.78, 5) is 0. The van der Waals surface area contributed by atoms with Crippen molar-refractivity contribution in [3.05, 3.63) is 182 Å². The molecule has 0 bridgehead atoms. The minimum atomic E-state index is 0.768. The number of nitrogens with zero attached hydrogens (tertiary/aromatic N) is 6. The van der Waals surface area contributed by atoms with Crippen LogP contribution >= 0.6 is 0 Å². The highest BCUT2D eigenvalue weighted by atomic mass is 15.1. The summed E-state index contributed by atoms with van der Waals surface area (Å²) in [6, 6.07) is 62.1. The van der Waals surface area contributed by atoms with Crippen molar-refractivity contribution in [3.8, 4) is 67.5 Å². The first-order valence-corrected chi connectivity index (χ1v) is 17.9. The van der Waals surface area contributed by atoms with Crippen molar-refractivity contribution in [2.24, 2.45) is 0 Å². The van der Waals surface area contributed by atoms with Gasteiger partial charge in [0.05, 0.1) is 0 Å². The standard InChI is InChI=1S/C48H30N6/c1-4-16-31(17-5-1)43-37-22-10-13-25-40(37)46(52-49-43)34-28-35(47-41-26-14-11-23-38(41)44(50-53-47)32-18-6-2-7-19-32)30-36(29-34)48-42-27-15-12-24-39(42)45(51-54-48)33-20-8-3-9-21-33/h1-30H. The Balaban J connectivity index is 1.24. The Morgan fingerprint density at radius 1 is 0.185 bits per heavy atom. The monoisotopic (exact) mass is 690 g/mol. The molecule has 252 valence electrons. The summed E-state index contributed by atoms with van der Waals surface area (Å²) in [6.07, 6.45) is 0. The van der Waals surface area contributed by atoms with Crippen molar-refractivity contribution < 1.29 is 0 Å². The van der Waals surface area contributed by atoms with Crippen LogP contribution in [-0.2, 0) is 0 Å². The molecule has 3 heterocycles. The summed E-state index contributed by atoms with van der Waals surface area (Å²) in [5.74, 6) is 0. The molecule has 0 spiro atoms. The quantitative estimate of drug-likeness (QED) is 0.173. The van der Waals surface area contributed by atoms with Gasteiger partial charge in [-0.15, -0.1) is 30.6 Å². The van der Waals surface area contributed by atoms with Gasteiger partial charge in [0.1, 0.15) is 34.2 Å². The molecule has 6 nitrogen and oxygen atoms in total. The lowest BCUT2D eigenvalue weighted by atomic mass is 9.93. The number of fused-ring (bicyclic) bond motifs is 3. The number of hydrogen-bond donors (Lipinski definition) is 0. The highest BCUT2D eigenvalue weighted by molar-refractivity contribution is 6.06. The Hall–Kier alpha value is -7.44. The third-order valence-electron chi connectivity index (χ3n) is 9.96. The van der Waals surface area contributed by atoms with Crippen molar-refractivity contribution in [2.45, 2.75) is 0 Å². The van der Waals surface area contributed by atoms with Gasteiger partial charge in [-0.2, -0.15) is 0 Å². The van der Waals surface area contributed by atoms with Crippen molar-refractivity contribution in [3.63, 3.8) is 0 Å². The third-order valence-corrected chi connectivity index (χ3v) is 9.96. The fraction of sp³-hybridized carbons (Fsp3) is 0. The predicted molar refractivity (Wildman–Crippen MR) is 218 cm³/mol. The second kappa shape index (κ2) is 13.3. The first kappa shape index (κ1) is 31.3. The average molecular weight is 691 g/mol. The summed E-state index contributed by atoms with van der Waals surface area (Å²) < 4.78 is 0. The molecule has 0 fully saturated rings. The number of rotatable bonds is 6. The van der Waals surface area contributed by atoms with Crippen molar-refractivity contribution in [1.82, 2.24) is 30.6 Å². The van der Waals surface area contributed by atoms with Gasteiger partial charge in [0.25, 0.3) is 0 Å². The summed E-state index contributed by atoms with van der Waals surface area (Å²) in [6.45, 7) is 0. The fourth-order valence-electron chi connectivity index (χ4n) is 7.42. The number of benzene rings is 7. The van der Waals surface area contributed by atoms with Gasteiger partial charge in [-0.25, -0.2) is 0 Å². The van der Waals surface area contributed by atoms with E-state index in [1.54, 1.807) is 0 Å². The molecule has 0 N–H and O–H groups in total. The van der Waals surface area contributed by atoms with E-state index in [0.717, 1.165) is 99.9 Å². The van der Waals surface area contributed by atoms with Gasteiger partial charge in [0.2, 0.25) is 0 Å². The predicted octanol–water partition coefficient (Wildman–Crippen LogP) is 11.5. The van der Waals surface area contributed by atoms with E-state index in [1.165, 1.54) is 0 Å². The first-order chi connectivity index (χ1) is 26.8. The normalized spacial score (nSPS) is 11.3. The van der Waals surface area contributed by atoms with Crippen LogP contribution in [0.2, 0.25) is 0 Å². The molecule has 0 unspecified atom stereocenters. The second-order valence-corrected chi connectivity index (χ2v) is 13.2. The van der Waals surface area contributed by atoms with Gasteiger partial charge in [-0.1, -0.05) is 164 Å². The zero-order valence-corrected chi connectivity index (χ0v) is 29.0. The van der Waals surface area contributed by atoms with Gasteiger partial charge in [0.15, 0.2) is 0 Å². The summed E-state index contributed by atoms with van der Waals surface area (Å²) in [5, 5.41) is 35.4. The van der Waals surface area contributed by atoms with Crippen LogP contribution in [0.3, 0.4) is 0 Å². The molecular weight excluding hydrogens is 661 g/mol. The highest BCUT2D eigenvalue weighted by Gasteiger charge is 2.20. The van der Waals surface area contributed by atoms with Crippen LogP contribution in [0.5, 0.6) is 0 Å². The summed E-state index contributed by atoms with van der Waals surface area (Å²) in [5.41, 5.74) is 10.5. The minimum Gasteiger partial charge on any atom is -0.149 e. The molecule has 0 aliphatic carbocycles. The Morgan fingerprint density at radius 3 is 0.593 bits per heavy atom. The molecule has 0 saturated heterocycles. The molecule has 0 saturated carbocycles. The Labute approximate surface area is 311 Å². The molecule has 10 rings (SSSR count). The molecule has 10 aromatic rings. The lowest BCUT2D eigenvalue weighted by Crippen LogP contribution is -1.99. The van der Waals surface area contributed by atoms with Crippen LogP contribution in [0.25, 0.3) is 99.9 Å². The molecule has 7 aromatic carbocycles. The lowest BCUT2D eigenvalue weighted by Gasteiger charge is -2.15. The summed E-state index contributed by atoms with van der Waals surface area (Å²) in [7, 11) is 0. The minimum absolute atomic E-state index is 0.768. The van der Waals surface area contributed by atoms with Gasteiger partial charge in [0, 0.05) is 65.7 Å². The Kier molecular flexibility index (Phi) is 7.69. The number of aromatic nitrogens is 6. The highest BCUT2D eigenvalue weighted by Crippen LogP contribution is 2.40. The summed E-state index contributed by atoms with van der Waals surface area (Å²) >= 11 is 0. The lowest BCUT2D eigenvalue weighted by molar-refractivity contribution is 1.05. The maximum absolute atomic E-state index is 4.93. The first-order valence-electron chi connectivity index (χ1n) is 17.9. The van der Waals surface area contributed by atoms with E-state index in [9.17, 15) is 0 Å². The molecule has 3 aromatic heterocycles. The largest absolute Gasteiger partial charge is 0.149 e. The van der Waals surface area contributed by atoms with Gasteiger partial charge in [-0.3, -0.25) is 0 Å². The van der Waals surface area contributed by atoms with E-state index >= 15 is 0 Å². The molecule has 0 amide bonds. The maximum Gasteiger partial charge on any atom is 0.101 e. The molecule has 0 aliphatic rings. The van der Waals surface area contributed by atoms with Gasteiger partial charge < -0.3 is 0 Å². The van der Waals surface area contributed by atoms with E-state index in [-0.39, 0.29) is 0 Å². The van der Waals surface area contributed by atoms with E-state index < -0.39 is 0 Å². The van der Waals surface area contributed by atoms with Crippen LogP contribution in [0, 0.1) is 0 Å². The van der Waals surface area contributed by atoms with Crippen molar-refractivity contribution >= 4 is 32.3 Å². The van der Waals surface area contributed by atoms with Crippen LogP contribution in [0.1, 0.15) is 0 Å². The Morgan fingerprint density at radius 2 is 0.370 bits per heavy atom. The molecular formula is C48H30N6. The maximum atomic E-state index is 4.93. The molecule has 6 heteroatoms. The third kappa shape index (κ3) is 5.45. The van der Waals surface area contributed by atoms with E-state index in [4.69, 9.17) is 30.6 Å². The van der Waals surface area contributed by atoms with Crippen molar-refractivity contribution in [2.75, 3.05) is 0 Å². The van der Waals surface area contributed by atoms with Gasteiger partial charge in [-0.05, 0) is 18.2 Å². The van der Waals surface area contributed by atoms with Crippen LogP contribution in [0.4, 0.5) is 0 Å². The van der Waals surface area contributed by atoms with Crippen molar-refractivity contribution in [1.29, 1.82) is 0 Å². The molecule has 0 radical (unpaired) electrons. The smallest absolute Gasteiger partial charge is 0.101 e. The average Bonchev–Trinajstić information content (AvgIpc) is 3.26. The fourth-order valence-corrected chi connectivity index (χ4v) is 7.42.